The van der Waals surface area contributed by atoms with Crippen LogP contribution < -0.4 is 10.6 Å². The minimum absolute atomic E-state index is 0.0726. The van der Waals surface area contributed by atoms with Gasteiger partial charge in [0.15, 0.2) is 0 Å². The van der Waals surface area contributed by atoms with Gasteiger partial charge in [0.25, 0.3) is 5.76 Å². The molecule has 0 unspecified atom stereocenters. The van der Waals surface area contributed by atoms with Crippen molar-refractivity contribution in [3.8, 4) is 0 Å². The van der Waals surface area contributed by atoms with Gasteiger partial charge in [0.05, 0.1) is 5.69 Å². The predicted octanol–water partition coefficient (Wildman–Crippen LogP) is 3.88. The van der Waals surface area contributed by atoms with Gasteiger partial charge >= 0.3 is 0 Å². The van der Waals surface area contributed by atoms with E-state index in [0.717, 1.165) is 0 Å². The van der Waals surface area contributed by atoms with Crippen molar-refractivity contribution in [1.82, 2.24) is 5.32 Å². The molecular weight excluding hydrogens is 322 g/mol. The van der Waals surface area contributed by atoms with Crippen LogP contribution in [0.3, 0.4) is 0 Å². The van der Waals surface area contributed by atoms with Crippen LogP contribution in [0.2, 0.25) is 0 Å². The average molecular weight is 344 g/mol. The summed E-state index contributed by atoms with van der Waals surface area (Å²) in [6.07, 6.45) is 0.690. The van der Waals surface area contributed by atoms with Crippen LogP contribution in [-0.2, 0) is 9.59 Å². The number of thioether (sulfide) groups is 1. The van der Waals surface area contributed by atoms with Crippen LogP contribution in [-0.4, -0.2) is 24.1 Å². The zero-order valence-corrected chi connectivity index (χ0v) is 14.3. The van der Waals surface area contributed by atoms with Crippen molar-refractivity contribution < 1.29 is 18.4 Å². The Bertz CT molecular complexity index is 545. The van der Waals surface area contributed by atoms with Gasteiger partial charge in [-0.15, -0.1) is 0 Å². The number of alkyl halides is 2. The number of amides is 2. The highest BCUT2D eigenvalue weighted by Gasteiger charge is 2.20. The standard InChI is InChI=1S/C16H22F2N2O2S/c1-16(2,3)14(22)19-10-6-9-13(21)20-11-7-4-5-8-12(11)23-15(17)18/h4-5,7-8,15H,6,9-10H2,1-3H3,(H,19,22)(H,20,21). The van der Waals surface area contributed by atoms with E-state index in [1.807, 2.05) is 20.8 Å². The summed E-state index contributed by atoms with van der Waals surface area (Å²) >= 11 is 0.397. The lowest BCUT2D eigenvalue weighted by Crippen LogP contribution is -2.35. The summed E-state index contributed by atoms with van der Waals surface area (Å²) in [6.45, 7) is 5.84. The van der Waals surface area contributed by atoms with E-state index in [0.29, 0.717) is 35.3 Å². The summed E-state index contributed by atoms with van der Waals surface area (Å²) in [4.78, 5) is 23.9. The number of carbonyl (C=O) groups excluding carboxylic acids is 2. The summed E-state index contributed by atoms with van der Waals surface area (Å²) in [5.41, 5.74) is -0.0882. The molecular formula is C16H22F2N2O2S. The lowest BCUT2D eigenvalue weighted by Gasteiger charge is -2.17. The fourth-order valence-corrected chi connectivity index (χ4v) is 2.29. The quantitative estimate of drug-likeness (QED) is 0.583. The van der Waals surface area contributed by atoms with Gasteiger partial charge in [-0.05, 0) is 18.6 Å². The van der Waals surface area contributed by atoms with E-state index in [-0.39, 0.29) is 18.2 Å². The molecule has 128 valence electrons. The van der Waals surface area contributed by atoms with Crippen LogP contribution in [0.25, 0.3) is 0 Å². The number of hydrogen-bond donors (Lipinski definition) is 2. The molecule has 7 heteroatoms. The van der Waals surface area contributed by atoms with Crippen LogP contribution in [0, 0.1) is 5.41 Å². The normalized spacial score (nSPS) is 11.4. The van der Waals surface area contributed by atoms with Gasteiger partial charge in [-0.1, -0.05) is 44.7 Å². The second kappa shape index (κ2) is 8.86. The van der Waals surface area contributed by atoms with Crippen molar-refractivity contribution in [3.05, 3.63) is 24.3 Å². The van der Waals surface area contributed by atoms with Gasteiger partial charge in [-0.2, -0.15) is 8.78 Å². The van der Waals surface area contributed by atoms with Crippen LogP contribution in [0.15, 0.2) is 29.2 Å². The first-order chi connectivity index (χ1) is 10.7. The van der Waals surface area contributed by atoms with Gasteiger partial charge in [0, 0.05) is 23.3 Å². The second-order valence-corrected chi connectivity index (χ2v) is 7.06. The highest BCUT2D eigenvalue weighted by molar-refractivity contribution is 7.99. The Kier molecular flexibility index (Phi) is 7.48. The van der Waals surface area contributed by atoms with Crippen LogP contribution in [0.5, 0.6) is 0 Å². The highest BCUT2D eigenvalue weighted by atomic mass is 32.2. The van der Waals surface area contributed by atoms with Crippen molar-refractivity contribution in [2.45, 2.75) is 44.3 Å². The molecule has 0 heterocycles. The van der Waals surface area contributed by atoms with Gasteiger partial charge in [0.2, 0.25) is 11.8 Å². The Labute approximate surface area is 139 Å². The maximum Gasteiger partial charge on any atom is 0.288 e. The Morgan fingerprint density at radius 2 is 1.87 bits per heavy atom. The van der Waals surface area contributed by atoms with Crippen molar-refractivity contribution in [2.24, 2.45) is 5.41 Å². The third-order valence-electron chi connectivity index (χ3n) is 2.92. The maximum atomic E-state index is 12.5. The fourth-order valence-electron chi connectivity index (χ4n) is 1.70. The SMILES string of the molecule is CC(C)(C)C(=O)NCCCC(=O)Nc1ccccc1SC(F)F. The number of hydrogen-bond acceptors (Lipinski definition) is 3. The molecule has 2 amide bonds. The molecule has 0 radical (unpaired) electrons. The molecule has 0 saturated heterocycles. The van der Waals surface area contributed by atoms with Crippen LogP contribution >= 0.6 is 11.8 Å². The molecule has 0 aliphatic heterocycles. The number of para-hydroxylation sites is 1. The first kappa shape index (κ1) is 19.4. The molecule has 0 aliphatic carbocycles. The minimum Gasteiger partial charge on any atom is -0.356 e. The molecule has 1 aromatic rings. The lowest BCUT2D eigenvalue weighted by molar-refractivity contribution is -0.128. The molecule has 0 spiro atoms. The van der Waals surface area contributed by atoms with Crippen molar-refractivity contribution in [1.29, 1.82) is 0 Å². The topological polar surface area (TPSA) is 58.2 Å². The molecule has 0 bridgehead atoms. The van der Waals surface area contributed by atoms with E-state index in [1.165, 1.54) is 6.07 Å². The third-order valence-corrected chi connectivity index (χ3v) is 3.71. The summed E-state index contributed by atoms with van der Waals surface area (Å²) in [5, 5.41) is 5.39. The van der Waals surface area contributed by atoms with E-state index < -0.39 is 11.2 Å². The van der Waals surface area contributed by atoms with Crippen LogP contribution in [0.4, 0.5) is 14.5 Å². The molecule has 0 aromatic heterocycles. The van der Waals surface area contributed by atoms with E-state index in [2.05, 4.69) is 10.6 Å². The van der Waals surface area contributed by atoms with Gasteiger partial charge in [-0.3, -0.25) is 9.59 Å². The third kappa shape index (κ3) is 7.45. The molecule has 0 saturated carbocycles. The zero-order valence-electron chi connectivity index (χ0n) is 13.5. The second-order valence-electron chi connectivity index (χ2n) is 6.03. The molecule has 0 aliphatic rings. The Hall–Kier alpha value is -1.63. The summed E-state index contributed by atoms with van der Waals surface area (Å²) in [5.74, 6) is -2.88. The van der Waals surface area contributed by atoms with E-state index in [4.69, 9.17) is 0 Å². The first-order valence-electron chi connectivity index (χ1n) is 7.32. The Morgan fingerprint density at radius 3 is 2.48 bits per heavy atom. The minimum atomic E-state index is -2.54. The fraction of sp³-hybridized carbons (Fsp3) is 0.500. The Morgan fingerprint density at radius 1 is 1.22 bits per heavy atom. The number of halogens is 2. The highest BCUT2D eigenvalue weighted by Crippen LogP contribution is 2.31. The van der Waals surface area contributed by atoms with Crippen molar-refractivity contribution in [3.63, 3.8) is 0 Å². The number of anilines is 1. The Balaban J connectivity index is 2.42. The molecule has 0 atom stereocenters. The molecule has 1 rings (SSSR count). The maximum absolute atomic E-state index is 12.5. The summed E-state index contributed by atoms with van der Waals surface area (Å²) < 4.78 is 24.9. The lowest BCUT2D eigenvalue weighted by atomic mass is 9.96. The monoisotopic (exact) mass is 344 g/mol. The van der Waals surface area contributed by atoms with Crippen molar-refractivity contribution in [2.75, 3.05) is 11.9 Å². The largest absolute Gasteiger partial charge is 0.356 e. The smallest absolute Gasteiger partial charge is 0.288 e. The van der Waals surface area contributed by atoms with Gasteiger partial charge in [0.1, 0.15) is 0 Å². The number of benzene rings is 1. The van der Waals surface area contributed by atoms with E-state index in [1.54, 1.807) is 18.2 Å². The van der Waals surface area contributed by atoms with Crippen LogP contribution in [0.1, 0.15) is 33.6 Å². The summed E-state index contributed by atoms with van der Waals surface area (Å²) in [7, 11) is 0. The number of rotatable bonds is 7. The molecule has 4 nitrogen and oxygen atoms in total. The molecule has 1 aromatic carbocycles. The number of carbonyl (C=O) groups is 2. The predicted molar refractivity (Wildman–Crippen MR) is 88.6 cm³/mol. The van der Waals surface area contributed by atoms with E-state index >= 15 is 0 Å². The molecule has 0 fully saturated rings. The first-order valence-corrected chi connectivity index (χ1v) is 8.20. The average Bonchev–Trinajstić information content (AvgIpc) is 2.44. The van der Waals surface area contributed by atoms with Crippen molar-refractivity contribution >= 4 is 29.3 Å². The van der Waals surface area contributed by atoms with Gasteiger partial charge < -0.3 is 10.6 Å². The van der Waals surface area contributed by atoms with E-state index in [9.17, 15) is 18.4 Å². The summed E-state index contributed by atoms with van der Waals surface area (Å²) in [6, 6.07) is 6.44. The molecule has 2 N–H and O–H groups in total. The number of nitrogens with one attached hydrogen (secondary N) is 2. The van der Waals surface area contributed by atoms with Gasteiger partial charge in [-0.25, -0.2) is 0 Å². The zero-order chi connectivity index (χ0) is 17.5. The molecule has 23 heavy (non-hydrogen) atoms.